The zero-order valence-electron chi connectivity index (χ0n) is 8.64. The van der Waals surface area contributed by atoms with Crippen molar-refractivity contribution in [3.8, 4) is 0 Å². The number of nitrogens with one attached hydrogen (secondary N) is 1. The molecule has 1 aromatic heterocycles. The summed E-state index contributed by atoms with van der Waals surface area (Å²) in [5, 5.41) is 3.42. The van der Waals surface area contributed by atoms with Crippen LogP contribution in [0.15, 0.2) is 10.5 Å². The lowest BCUT2D eigenvalue weighted by Crippen LogP contribution is -2.16. The van der Waals surface area contributed by atoms with Crippen LogP contribution in [0.2, 0.25) is 0 Å². The molecule has 0 amide bonds. The summed E-state index contributed by atoms with van der Waals surface area (Å²) >= 11 is 5.55. The first kappa shape index (κ1) is 10.7. The van der Waals surface area contributed by atoms with Gasteiger partial charge < -0.3 is 5.32 Å². The maximum Gasteiger partial charge on any atom is 0.0426 e. The molecule has 0 spiro atoms. The molecule has 1 fully saturated rings. The topological polar surface area (TPSA) is 12.0 Å². The lowest BCUT2D eigenvalue weighted by Gasteiger charge is -2.14. The van der Waals surface area contributed by atoms with Crippen LogP contribution in [0.5, 0.6) is 0 Å². The monoisotopic (exact) mass is 273 g/mol. The molecule has 3 heteroatoms. The summed E-state index contributed by atoms with van der Waals surface area (Å²) in [7, 11) is 2.06. The van der Waals surface area contributed by atoms with Crippen LogP contribution in [0.25, 0.3) is 0 Å². The van der Waals surface area contributed by atoms with E-state index in [4.69, 9.17) is 0 Å². The van der Waals surface area contributed by atoms with E-state index in [9.17, 15) is 0 Å². The molecule has 0 saturated heterocycles. The fraction of sp³-hybridized carbons (Fsp3) is 0.636. The van der Waals surface area contributed by atoms with E-state index in [1.54, 1.807) is 0 Å². The summed E-state index contributed by atoms with van der Waals surface area (Å²) in [5.74, 6) is 0.974. The number of hydrogen-bond acceptors (Lipinski definition) is 2. The minimum absolute atomic E-state index is 0.551. The molecule has 1 aliphatic carbocycles. The highest BCUT2D eigenvalue weighted by molar-refractivity contribution is 9.10. The molecule has 1 aromatic rings. The van der Waals surface area contributed by atoms with Crippen molar-refractivity contribution in [3.05, 3.63) is 20.3 Å². The second-order valence-corrected chi connectivity index (χ2v) is 6.23. The molecule has 1 nitrogen and oxygen atoms in total. The molecule has 78 valence electrons. The molecule has 1 heterocycles. The van der Waals surface area contributed by atoms with Crippen molar-refractivity contribution >= 4 is 27.3 Å². The largest absolute Gasteiger partial charge is 0.312 e. The molecule has 0 radical (unpaired) electrons. The Morgan fingerprint density at radius 1 is 1.64 bits per heavy atom. The molecule has 0 aliphatic heterocycles. The van der Waals surface area contributed by atoms with Gasteiger partial charge in [0.15, 0.2) is 0 Å². The number of halogens is 1. The number of hydrogen-bond donors (Lipinski definition) is 1. The molecule has 14 heavy (non-hydrogen) atoms. The maximum atomic E-state index is 3.64. The van der Waals surface area contributed by atoms with Crippen LogP contribution in [0.3, 0.4) is 0 Å². The molecule has 1 N–H and O–H groups in total. The van der Waals surface area contributed by atoms with E-state index in [1.807, 2.05) is 11.3 Å². The molecule has 0 bridgehead atoms. The Morgan fingerprint density at radius 2 is 2.36 bits per heavy atom. The average Bonchev–Trinajstić information content (AvgIpc) is 2.89. The van der Waals surface area contributed by atoms with Gasteiger partial charge in [-0.05, 0) is 48.3 Å². The van der Waals surface area contributed by atoms with Crippen LogP contribution in [0.4, 0.5) is 0 Å². The lowest BCUT2D eigenvalue weighted by atomic mass is 10.1. The number of rotatable bonds is 4. The summed E-state index contributed by atoms with van der Waals surface area (Å²) < 4.78 is 1.28. The predicted molar refractivity (Wildman–Crippen MR) is 65.9 cm³/mol. The molecule has 1 saturated carbocycles. The van der Waals surface area contributed by atoms with Crippen molar-refractivity contribution in [2.75, 3.05) is 7.05 Å². The van der Waals surface area contributed by atoms with E-state index in [0.29, 0.717) is 6.04 Å². The summed E-state index contributed by atoms with van der Waals surface area (Å²) in [5.41, 5.74) is 0. The quantitative estimate of drug-likeness (QED) is 0.878. The van der Waals surface area contributed by atoms with Crippen molar-refractivity contribution in [3.63, 3.8) is 0 Å². The highest BCUT2D eigenvalue weighted by atomic mass is 79.9. The Balaban J connectivity index is 2.12. The van der Waals surface area contributed by atoms with Crippen LogP contribution in [0, 0.1) is 12.8 Å². The molecule has 1 unspecified atom stereocenters. The third-order valence-electron chi connectivity index (χ3n) is 2.77. The van der Waals surface area contributed by atoms with Gasteiger partial charge in [0.25, 0.3) is 0 Å². The van der Waals surface area contributed by atoms with Gasteiger partial charge in [-0.3, -0.25) is 0 Å². The smallest absolute Gasteiger partial charge is 0.0426 e. The SMILES string of the molecule is CNC(CC1CC1)c1sc(C)cc1Br. The Morgan fingerprint density at radius 3 is 2.79 bits per heavy atom. The van der Waals surface area contributed by atoms with Gasteiger partial charge in [0.05, 0.1) is 0 Å². The first-order chi connectivity index (χ1) is 6.70. The number of thiophene rings is 1. The van der Waals surface area contributed by atoms with Crippen molar-refractivity contribution in [1.29, 1.82) is 0 Å². The van der Waals surface area contributed by atoms with Crippen molar-refractivity contribution in [2.24, 2.45) is 5.92 Å². The van der Waals surface area contributed by atoms with E-state index < -0.39 is 0 Å². The Hall–Kier alpha value is 0.140. The van der Waals surface area contributed by atoms with Crippen molar-refractivity contribution in [2.45, 2.75) is 32.2 Å². The van der Waals surface area contributed by atoms with Crippen molar-refractivity contribution in [1.82, 2.24) is 5.32 Å². The Bertz CT molecular complexity index is 317. The van der Waals surface area contributed by atoms with Gasteiger partial charge in [-0.15, -0.1) is 11.3 Å². The minimum Gasteiger partial charge on any atom is -0.312 e. The highest BCUT2D eigenvalue weighted by Crippen LogP contribution is 2.41. The number of aryl methyl sites for hydroxylation is 1. The second kappa shape index (κ2) is 4.33. The first-order valence-corrected chi connectivity index (χ1v) is 6.74. The maximum absolute atomic E-state index is 3.64. The summed E-state index contributed by atoms with van der Waals surface area (Å²) in [6, 6.07) is 2.77. The van der Waals surface area contributed by atoms with Crippen LogP contribution in [-0.2, 0) is 0 Å². The van der Waals surface area contributed by atoms with E-state index in [0.717, 1.165) is 5.92 Å². The van der Waals surface area contributed by atoms with Crippen LogP contribution in [-0.4, -0.2) is 7.05 Å². The fourth-order valence-corrected chi connectivity index (χ4v) is 3.83. The molecular weight excluding hydrogens is 258 g/mol. The molecular formula is C11H16BrNS. The first-order valence-electron chi connectivity index (χ1n) is 5.13. The zero-order valence-corrected chi connectivity index (χ0v) is 11.0. The third kappa shape index (κ3) is 2.38. The fourth-order valence-electron chi connectivity index (χ4n) is 1.78. The summed E-state index contributed by atoms with van der Waals surface area (Å²) in [4.78, 5) is 2.86. The van der Waals surface area contributed by atoms with Crippen LogP contribution >= 0.6 is 27.3 Å². The van der Waals surface area contributed by atoms with Gasteiger partial charge >= 0.3 is 0 Å². The van der Waals surface area contributed by atoms with Gasteiger partial charge in [0, 0.05) is 20.3 Å². The van der Waals surface area contributed by atoms with Gasteiger partial charge in [-0.1, -0.05) is 12.8 Å². The summed E-state index contributed by atoms with van der Waals surface area (Å²) in [6.45, 7) is 2.17. The van der Waals surface area contributed by atoms with Gasteiger partial charge in [-0.2, -0.15) is 0 Å². The molecule has 2 rings (SSSR count). The second-order valence-electron chi connectivity index (χ2n) is 4.09. The Kier molecular flexibility index (Phi) is 3.30. The molecule has 1 atom stereocenters. The van der Waals surface area contributed by atoms with Gasteiger partial charge in [-0.25, -0.2) is 0 Å². The molecule has 1 aliphatic rings. The highest BCUT2D eigenvalue weighted by Gasteiger charge is 2.27. The minimum atomic E-state index is 0.551. The van der Waals surface area contributed by atoms with E-state index in [2.05, 4.69) is 41.3 Å². The average molecular weight is 274 g/mol. The predicted octanol–water partition coefficient (Wildman–Crippen LogP) is 3.88. The third-order valence-corrected chi connectivity index (χ3v) is 4.85. The van der Waals surface area contributed by atoms with E-state index in [-0.39, 0.29) is 0 Å². The van der Waals surface area contributed by atoms with E-state index >= 15 is 0 Å². The standard InChI is InChI=1S/C11H16BrNS/c1-7-5-9(12)11(14-7)10(13-2)6-8-3-4-8/h5,8,10,13H,3-4,6H2,1-2H3. The van der Waals surface area contributed by atoms with Gasteiger partial charge in [0.1, 0.15) is 0 Å². The van der Waals surface area contributed by atoms with Crippen LogP contribution < -0.4 is 5.32 Å². The Labute approximate surface area is 98.0 Å². The molecule has 0 aromatic carbocycles. The lowest BCUT2D eigenvalue weighted by molar-refractivity contribution is 0.520. The normalized spacial score (nSPS) is 18.5. The summed E-state index contributed by atoms with van der Waals surface area (Å²) in [6.07, 6.45) is 4.16. The van der Waals surface area contributed by atoms with Crippen LogP contribution in [0.1, 0.15) is 35.1 Å². The van der Waals surface area contributed by atoms with Gasteiger partial charge in [0.2, 0.25) is 0 Å². The van der Waals surface area contributed by atoms with Crippen molar-refractivity contribution < 1.29 is 0 Å². The zero-order chi connectivity index (χ0) is 10.1. The van der Waals surface area contributed by atoms with E-state index in [1.165, 1.54) is 33.5 Å².